The third-order valence-electron chi connectivity index (χ3n) is 2.58. The summed E-state index contributed by atoms with van der Waals surface area (Å²) in [5.41, 5.74) is 0.440. The van der Waals surface area contributed by atoms with Crippen LogP contribution in [-0.4, -0.2) is 17.9 Å². The van der Waals surface area contributed by atoms with Gasteiger partial charge in [0.25, 0.3) is 5.91 Å². The normalized spacial score (nSPS) is 10.3. The van der Waals surface area contributed by atoms with E-state index in [1.165, 1.54) is 0 Å². The molecule has 0 aliphatic rings. The molecule has 0 saturated heterocycles. The first-order valence-electron chi connectivity index (χ1n) is 5.71. The highest BCUT2D eigenvalue weighted by Crippen LogP contribution is 2.32. The van der Waals surface area contributed by atoms with E-state index in [4.69, 9.17) is 23.2 Å². The van der Waals surface area contributed by atoms with Crippen molar-refractivity contribution in [2.24, 2.45) is 0 Å². The monoisotopic (exact) mass is 391 g/mol. The SMILES string of the molecule is CNc1ncc(Br)cc1C(=O)Nc1c(Cl)cc(F)cc1Cl. The minimum atomic E-state index is -0.581. The highest BCUT2D eigenvalue weighted by molar-refractivity contribution is 9.10. The summed E-state index contributed by atoms with van der Waals surface area (Å²) in [6.45, 7) is 0. The van der Waals surface area contributed by atoms with E-state index in [0.29, 0.717) is 15.9 Å². The van der Waals surface area contributed by atoms with Gasteiger partial charge in [0.05, 0.1) is 21.3 Å². The smallest absolute Gasteiger partial charge is 0.259 e. The molecule has 0 radical (unpaired) electrons. The number of anilines is 2. The van der Waals surface area contributed by atoms with Crippen molar-refractivity contribution in [3.8, 4) is 0 Å². The second-order valence-corrected chi connectivity index (χ2v) is 5.73. The molecule has 2 aromatic rings. The van der Waals surface area contributed by atoms with Gasteiger partial charge < -0.3 is 10.6 Å². The number of nitrogens with one attached hydrogen (secondary N) is 2. The number of pyridine rings is 1. The Hall–Kier alpha value is -1.37. The second-order valence-electron chi connectivity index (χ2n) is 4.00. The van der Waals surface area contributed by atoms with Gasteiger partial charge in [0.15, 0.2) is 0 Å². The standard InChI is InChI=1S/C13H9BrCl2FN3O/c1-18-12-8(2-6(14)5-19-12)13(21)20-11-9(15)3-7(17)4-10(11)16/h2-5H,1H3,(H,18,19)(H,20,21). The first-order valence-corrected chi connectivity index (χ1v) is 7.26. The Kier molecular flexibility index (Phi) is 5.03. The Morgan fingerprint density at radius 2 is 1.90 bits per heavy atom. The van der Waals surface area contributed by atoms with Gasteiger partial charge in [-0.15, -0.1) is 0 Å². The van der Waals surface area contributed by atoms with Crippen molar-refractivity contribution in [1.29, 1.82) is 0 Å². The Bertz CT molecular complexity index is 689. The molecule has 0 aliphatic heterocycles. The van der Waals surface area contributed by atoms with Crippen molar-refractivity contribution in [2.75, 3.05) is 17.7 Å². The molecule has 110 valence electrons. The molecule has 2 rings (SSSR count). The largest absolute Gasteiger partial charge is 0.372 e. The number of carbonyl (C=O) groups excluding carboxylic acids is 1. The minimum Gasteiger partial charge on any atom is -0.372 e. The van der Waals surface area contributed by atoms with Gasteiger partial charge in [-0.2, -0.15) is 0 Å². The summed E-state index contributed by atoms with van der Waals surface area (Å²) in [4.78, 5) is 16.4. The molecular weight excluding hydrogens is 384 g/mol. The van der Waals surface area contributed by atoms with Crippen LogP contribution in [0.5, 0.6) is 0 Å². The fraction of sp³-hybridized carbons (Fsp3) is 0.0769. The first kappa shape index (κ1) is 16.0. The van der Waals surface area contributed by atoms with Gasteiger partial charge in [0, 0.05) is 17.7 Å². The van der Waals surface area contributed by atoms with Gasteiger partial charge >= 0.3 is 0 Å². The van der Waals surface area contributed by atoms with Crippen LogP contribution in [0.4, 0.5) is 15.9 Å². The maximum absolute atomic E-state index is 13.1. The van der Waals surface area contributed by atoms with Gasteiger partial charge in [-0.3, -0.25) is 4.79 Å². The summed E-state index contributed by atoms with van der Waals surface area (Å²) >= 11 is 15.0. The number of benzene rings is 1. The van der Waals surface area contributed by atoms with Crippen molar-refractivity contribution < 1.29 is 9.18 Å². The van der Waals surface area contributed by atoms with Crippen LogP contribution in [0.2, 0.25) is 10.0 Å². The summed E-state index contributed by atoms with van der Waals surface area (Å²) in [5, 5.41) is 5.39. The zero-order chi connectivity index (χ0) is 15.6. The maximum atomic E-state index is 13.1. The number of nitrogens with zero attached hydrogens (tertiary/aromatic N) is 1. The van der Waals surface area contributed by atoms with E-state index < -0.39 is 11.7 Å². The first-order chi connectivity index (χ1) is 9.92. The molecule has 0 unspecified atom stereocenters. The molecule has 0 fully saturated rings. The zero-order valence-corrected chi connectivity index (χ0v) is 13.8. The lowest BCUT2D eigenvalue weighted by atomic mass is 10.2. The van der Waals surface area contributed by atoms with E-state index in [1.54, 1.807) is 19.3 Å². The van der Waals surface area contributed by atoms with Crippen LogP contribution in [0, 0.1) is 5.82 Å². The summed E-state index contributed by atoms with van der Waals surface area (Å²) in [6, 6.07) is 3.74. The average Bonchev–Trinajstić information content (AvgIpc) is 2.42. The molecule has 0 saturated carbocycles. The Labute approximate surface area is 138 Å². The van der Waals surface area contributed by atoms with E-state index in [9.17, 15) is 9.18 Å². The van der Waals surface area contributed by atoms with Crippen molar-refractivity contribution in [3.05, 3.63) is 50.3 Å². The number of carbonyl (C=O) groups is 1. The van der Waals surface area contributed by atoms with Gasteiger partial charge in [-0.05, 0) is 34.1 Å². The van der Waals surface area contributed by atoms with Crippen LogP contribution in [0.25, 0.3) is 0 Å². The van der Waals surface area contributed by atoms with Crippen molar-refractivity contribution in [2.45, 2.75) is 0 Å². The Morgan fingerprint density at radius 3 is 2.48 bits per heavy atom. The predicted octanol–water partition coefficient (Wildman–Crippen LogP) is 4.58. The molecule has 0 aliphatic carbocycles. The highest BCUT2D eigenvalue weighted by Gasteiger charge is 2.16. The van der Waals surface area contributed by atoms with Crippen molar-refractivity contribution in [1.82, 2.24) is 4.98 Å². The molecule has 1 aromatic heterocycles. The van der Waals surface area contributed by atoms with Crippen LogP contribution >= 0.6 is 39.1 Å². The van der Waals surface area contributed by atoms with Gasteiger partial charge in [0.1, 0.15) is 11.6 Å². The molecule has 1 heterocycles. The molecule has 8 heteroatoms. The molecule has 1 aromatic carbocycles. The lowest BCUT2D eigenvalue weighted by Crippen LogP contribution is -2.15. The minimum absolute atomic E-state index is 0.0160. The second kappa shape index (κ2) is 6.60. The van der Waals surface area contributed by atoms with Gasteiger partial charge in [-0.25, -0.2) is 9.37 Å². The molecule has 1 amide bonds. The Morgan fingerprint density at radius 1 is 1.29 bits per heavy atom. The lowest BCUT2D eigenvalue weighted by molar-refractivity contribution is 0.102. The predicted molar refractivity (Wildman–Crippen MR) is 85.9 cm³/mol. The van der Waals surface area contributed by atoms with Gasteiger partial charge in [-0.1, -0.05) is 23.2 Å². The lowest BCUT2D eigenvalue weighted by Gasteiger charge is -2.12. The fourth-order valence-electron chi connectivity index (χ4n) is 1.65. The van der Waals surface area contributed by atoms with Gasteiger partial charge in [0.2, 0.25) is 0 Å². The van der Waals surface area contributed by atoms with Crippen molar-refractivity contribution in [3.63, 3.8) is 0 Å². The molecule has 0 spiro atoms. The number of halogens is 4. The number of hydrogen-bond donors (Lipinski definition) is 2. The number of rotatable bonds is 3. The summed E-state index contributed by atoms with van der Waals surface area (Å²) < 4.78 is 13.8. The fourth-order valence-corrected chi connectivity index (χ4v) is 2.54. The number of aromatic nitrogens is 1. The third-order valence-corrected chi connectivity index (χ3v) is 3.61. The molecule has 0 bridgehead atoms. The number of amides is 1. The van der Waals surface area contributed by atoms with Crippen LogP contribution < -0.4 is 10.6 Å². The van der Waals surface area contributed by atoms with E-state index in [1.807, 2.05) is 0 Å². The molecule has 4 nitrogen and oxygen atoms in total. The van der Waals surface area contributed by atoms with Crippen LogP contribution in [-0.2, 0) is 0 Å². The average molecular weight is 393 g/mol. The van der Waals surface area contributed by atoms with Crippen molar-refractivity contribution >= 4 is 56.5 Å². The third kappa shape index (κ3) is 3.64. The van der Waals surface area contributed by atoms with E-state index >= 15 is 0 Å². The summed E-state index contributed by atoms with van der Waals surface area (Å²) in [5.74, 6) is -0.656. The summed E-state index contributed by atoms with van der Waals surface area (Å²) in [7, 11) is 1.64. The zero-order valence-electron chi connectivity index (χ0n) is 10.7. The van der Waals surface area contributed by atoms with Crippen LogP contribution in [0.3, 0.4) is 0 Å². The van der Waals surface area contributed by atoms with E-state index in [0.717, 1.165) is 12.1 Å². The molecular formula is C13H9BrCl2FN3O. The maximum Gasteiger partial charge on any atom is 0.259 e. The molecule has 0 atom stereocenters. The Balaban J connectivity index is 2.37. The topological polar surface area (TPSA) is 54.0 Å². The van der Waals surface area contributed by atoms with E-state index in [2.05, 4.69) is 31.5 Å². The molecule has 2 N–H and O–H groups in total. The van der Waals surface area contributed by atoms with Crippen LogP contribution in [0.1, 0.15) is 10.4 Å². The number of hydrogen-bond acceptors (Lipinski definition) is 3. The van der Waals surface area contributed by atoms with Crippen LogP contribution in [0.15, 0.2) is 28.9 Å². The van der Waals surface area contributed by atoms with E-state index in [-0.39, 0.29) is 15.7 Å². The molecule has 21 heavy (non-hydrogen) atoms. The summed E-state index contributed by atoms with van der Waals surface area (Å²) in [6.07, 6.45) is 1.56. The quantitative estimate of drug-likeness (QED) is 0.803. The highest BCUT2D eigenvalue weighted by atomic mass is 79.9.